The number of aryl methyl sites for hydroxylation is 1. The molecule has 2 aliphatic rings. The summed E-state index contributed by atoms with van der Waals surface area (Å²) in [5.74, 6) is 7.65. The van der Waals surface area contributed by atoms with Crippen molar-refractivity contribution in [3.8, 4) is 11.8 Å². The number of carbonyl (C=O) groups is 1. The Hall–Kier alpha value is -1.79. The van der Waals surface area contributed by atoms with Gasteiger partial charge in [-0.05, 0) is 55.4 Å². The molecule has 0 aromatic heterocycles. The van der Waals surface area contributed by atoms with E-state index >= 15 is 0 Å². The fraction of sp³-hybridized carbons (Fsp3) is 0.500. The van der Waals surface area contributed by atoms with Crippen molar-refractivity contribution in [2.75, 3.05) is 11.9 Å². The Labute approximate surface area is 125 Å². The second-order valence-corrected chi connectivity index (χ2v) is 6.08. The Morgan fingerprint density at radius 1 is 1.38 bits per heavy atom. The molecule has 110 valence electrons. The van der Waals surface area contributed by atoms with Crippen LogP contribution in [0.4, 0.5) is 5.69 Å². The molecule has 2 aliphatic carbocycles. The van der Waals surface area contributed by atoms with E-state index in [0.29, 0.717) is 18.3 Å². The van der Waals surface area contributed by atoms with Gasteiger partial charge < -0.3 is 10.4 Å². The summed E-state index contributed by atoms with van der Waals surface area (Å²) in [4.78, 5) is 12.3. The highest BCUT2D eigenvalue weighted by Crippen LogP contribution is 2.57. The van der Waals surface area contributed by atoms with E-state index in [1.54, 1.807) is 0 Å². The lowest BCUT2D eigenvalue weighted by molar-refractivity contribution is -0.118. The number of amides is 1. The Balaban J connectivity index is 1.64. The van der Waals surface area contributed by atoms with Gasteiger partial charge in [-0.1, -0.05) is 18.3 Å². The molecule has 21 heavy (non-hydrogen) atoms. The molecular weight excluding hydrogens is 262 g/mol. The van der Waals surface area contributed by atoms with Crippen LogP contribution >= 0.6 is 0 Å². The van der Waals surface area contributed by atoms with E-state index in [-0.39, 0.29) is 18.4 Å². The van der Waals surface area contributed by atoms with Crippen molar-refractivity contribution in [3.63, 3.8) is 0 Å². The average molecular weight is 283 g/mol. The molecule has 0 radical (unpaired) electrons. The highest BCUT2D eigenvalue weighted by molar-refractivity contribution is 5.95. The number of anilines is 1. The van der Waals surface area contributed by atoms with E-state index in [4.69, 9.17) is 5.11 Å². The van der Waals surface area contributed by atoms with Crippen LogP contribution < -0.4 is 5.32 Å². The van der Waals surface area contributed by atoms with Gasteiger partial charge in [-0.2, -0.15) is 0 Å². The summed E-state index contributed by atoms with van der Waals surface area (Å²) in [6, 6.07) is 5.82. The number of fused-ring (bicyclic) bond motifs is 1. The molecule has 1 aromatic carbocycles. The number of rotatable bonds is 3. The van der Waals surface area contributed by atoms with Crippen molar-refractivity contribution in [1.29, 1.82) is 0 Å². The zero-order valence-electron chi connectivity index (χ0n) is 12.4. The molecular formula is C18H21NO2. The molecule has 2 unspecified atom stereocenters. The molecule has 3 heteroatoms. The quantitative estimate of drug-likeness (QED) is 0.838. The third-order valence-corrected chi connectivity index (χ3v) is 4.66. The van der Waals surface area contributed by atoms with E-state index in [2.05, 4.69) is 17.2 Å². The Bertz CT molecular complexity index is 601. The minimum Gasteiger partial charge on any atom is -0.395 e. The van der Waals surface area contributed by atoms with Crippen LogP contribution in [0.3, 0.4) is 0 Å². The monoisotopic (exact) mass is 283 g/mol. The number of nitrogens with one attached hydrogen (secondary N) is 1. The van der Waals surface area contributed by atoms with Crippen molar-refractivity contribution in [3.05, 3.63) is 29.3 Å². The number of aliphatic hydroxyl groups excluding tert-OH is 1. The summed E-state index contributed by atoms with van der Waals surface area (Å²) >= 11 is 0. The predicted molar refractivity (Wildman–Crippen MR) is 82.7 cm³/mol. The number of hydrogen-bond acceptors (Lipinski definition) is 2. The largest absolute Gasteiger partial charge is 0.395 e. The summed E-state index contributed by atoms with van der Waals surface area (Å²) in [6.45, 7) is 2.07. The van der Waals surface area contributed by atoms with Crippen molar-refractivity contribution in [1.82, 2.24) is 0 Å². The Morgan fingerprint density at radius 2 is 2.14 bits per heavy atom. The fourth-order valence-corrected chi connectivity index (χ4v) is 3.53. The van der Waals surface area contributed by atoms with Crippen molar-refractivity contribution < 1.29 is 9.90 Å². The molecule has 0 aliphatic heterocycles. The molecule has 2 atom stereocenters. The zero-order chi connectivity index (χ0) is 14.8. The van der Waals surface area contributed by atoms with Crippen LogP contribution in [-0.4, -0.2) is 17.6 Å². The van der Waals surface area contributed by atoms with Crippen molar-refractivity contribution >= 4 is 11.6 Å². The lowest BCUT2D eigenvalue weighted by atomic mass is 10.1. The van der Waals surface area contributed by atoms with Crippen LogP contribution in [0.25, 0.3) is 0 Å². The van der Waals surface area contributed by atoms with Crippen LogP contribution in [0.5, 0.6) is 0 Å². The van der Waals surface area contributed by atoms with Gasteiger partial charge in [0.15, 0.2) is 0 Å². The third kappa shape index (κ3) is 2.96. The summed E-state index contributed by atoms with van der Waals surface area (Å²) in [5.41, 5.74) is 2.84. The minimum atomic E-state index is 0.0871. The van der Waals surface area contributed by atoms with Crippen LogP contribution in [0.1, 0.15) is 36.8 Å². The normalized spacial score (nSPS) is 25.7. The summed E-state index contributed by atoms with van der Waals surface area (Å²) in [7, 11) is 0. The first kappa shape index (κ1) is 14.2. The van der Waals surface area contributed by atoms with Gasteiger partial charge in [-0.15, -0.1) is 0 Å². The van der Waals surface area contributed by atoms with Crippen LogP contribution in [-0.2, 0) is 4.79 Å². The van der Waals surface area contributed by atoms with Crippen LogP contribution in [0.15, 0.2) is 18.2 Å². The van der Waals surface area contributed by atoms with Gasteiger partial charge in [0.05, 0.1) is 6.61 Å². The highest BCUT2D eigenvalue weighted by Gasteiger charge is 2.56. The molecule has 0 bridgehead atoms. The Kier molecular flexibility index (Phi) is 3.98. The molecule has 3 rings (SSSR count). The van der Waals surface area contributed by atoms with Gasteiger partial charge in [0, 0.05) is 23.6 Å². The minimum absolute atomic E-state index is 0.0871. The zero-order valence-corrected chi connectivity index (χ0v) is 12.4. The molecule has 0 spiro atoms. The third-order valence-electron chi connectivity index (χ3n) is 4.66. The SMILES string of the molecule is Cc1cc(C#CCCO)ccc1NC(=O)C1C2CCCC21. The van der Waals surface area contributed by atoms with E-state index < -0.39 is 0 Å². The summed E-state index contributed by atoms with van der Waals surface area (Å²) in [6.07, 6.45) is 4.23. The van der Waals surface area contributed by atoms with E-state index in [1.165, 1.54) is 19.3 Å². The first-order chi connectivity index (χ1) is 10.2. The lowest BCUT2D eigenvalue weighted by Gasteiger charge is -2.09. The Morgan fingerprint density at radius 3 is 2.81 bits per heavy atom. The molecule has 2 fully saturated rings. The molecule has 3 nitrogen and oxygen atoms in total. The number of aliphatic hydroxyl groups is 1. The smallest absolute Gasteiger partial charge is 0.228 e. The topological polar surface area (TPSA) is 49.3 Å². The van der Waals surface area contributed by atoms with Crippen LogP contribution in [0.2, 0.25) is 0 Å². The highest BCUT2D eigenvalue weighted by atomic mass is 16.2. The van der Waals surface area contributed by atoms with Gasteiger partial charge in [-0.3, -0.25) is 4.79 Å². The maximum absolute atomic E-state index is 12.3. The van der Waals surface area contributed by atoms with E-state index in [1.807, 2.05) is 25.1 Å². The number of benzene rings is 1. The molecule has 0 saturated heterocycles. The van der Waals surface area contributed by atoms with Gasteiger partial charge in [-0.25, -0.2) is 0 Å². The fourth-order valence-electron chi connectivity index (χ4n) is 3.53. The molecule has 2 N–H and O–H groups in total. The lowest BCUT2D eigenvalue weighted by Crippen LogP contribution is -2.17. The van der Waals surface area contributed by atoms with E-state index in [0.717, 1.165) is 16.8 Å². The van der Waals surface area contributed by atoms with Gasteiger partial charge in [0.1, 0.15) is 0 Å². The maximum atomic E-state index is 12.3. The predicted octanol–water partition coefficient (Wildman–Crippen LogP) is 2.71. The van der Waals surface area contributed by atoms with Gasteiger partial charge in [0.25, 0.3) is 0 Å². The standard InChI is InChI=1S/C18H21NO2/c1-12-11-13(5-2-3-10-20)8-9-16(12)19-18(21)17-14-6-4-7-15(14)17/h8-9,11,14-15,17,20H,3-4,6-7,10H2,1H3,(H,19,21). The van der Waals surface area contributed by atoms with Crippen molar-refractivity contribution in [2.45, 2.75) is 32.6 Å². The summed E-state index contributed by atoms with van der Waals surface area (Å²) in [5, 5.41) is 11.8. The van der Waals surface area contributed by atoms with Gasteiger partial charge >= 0.3 is 0 Å². The molecule has 1 aromatic rings. The first-order valence-corrected chi connectivity index (χ1v) is 7.72. The molecule has 1 amide bonds. The average Bonchev–Trinajstić information content (AvgIpc) is 2.95. The van der Waals surface area contributed by atoms with Gasteiger partial charge in [0.2, 0.25) is 5.91 Å². The summed E-state index contributed by atoms with van der Waals surface area (Å²) < 4.78 is 0. The maximum Gasteiger partial charge on any atom is 0.228 e. The molecule has 0 heterocycles. The number of hydrogen-bond donors (Lipinski definition) is 2. The molecule has 2 saturated carbocycles. The second kappa shape index (κ2) is 5.91. The van der Waals surface area contributed by atoms with Crippen molar-refractivity contribution in [2.24, 2.45) is 17.8 Å². The number of carbonyl (C=O) groups excluding carboxylic acids is 1. The second-order valence-electron chi connectivity index (χ2n) is 6.08. The van der Waals surface area contributed by atoms with E-state index in [9.17, 15) is 4.79 Å². The first-order valence-electron chi connectivity index (χ1n) is 7.72. The van der Waals surface area contributed by atoms with Crippen LogP contribution in [0, 0.1) is 36.5 Å².